The quantitative estimate of drug-likeness (QED) is 0.733. The van der Waals surface area contributed by atoms with E-state index in [1.165, 1.54) is 19.3 Å². The standard InChI is InChI=1S/C12H24O3/c1-9(2)11-5-3-4-6-12(11)15-10(7-13)8-14/h9-14H,3-8H2,1-2H3. The predicted molar refractivity (Wildman–Crippen MR) is 59.6 cm³/mol. The lowest BCUT2D eigenvalue weighted by molar-refractivity contribution is -0.103. The Morgan fingerprint density at radius 1 is 1.13 bits per heavy atom. The summed E-state index contributed by atoms with van der Waals surface area (Å²) < 4.78 is 5.76. The molecule has 0 amide bonds. The van der Waals surface area contributed by atoms with E-state index in [0.29, 0.717) is 11.8 Å². The van der Waals surface area contributed by atoms with E-state index >= 15 is 0 Å². The number of aliphatic hydroxyl groups is 2. The SMILES string of the molecule is CC(C)C1CCCCC1OC(CO)CO. The summed E-state index contributed by atoms with van der Waals surface area (Å²) >= 11 is 0. The molecule has 3 nitrogen and oxygen atoms in total. The third-order valence-corrected chi connectivity index (χ3v) is 3.38. The van der Waals surface area contributed by atoms with Crippen molar-refractivity contribution in [3.63, 3.8) is 0 Å². The Balaban J connectivity index is 2.48. The molecule has 1 saturated carbocycles. The van der Waals surface area contributed by atoms with Crippen LogP contribution in [0, 0.1) is 11.8 Å². The van der Waals surface area contributed by atoms with Crippen LogP contribution in [0.15, 0.2) is 0 Å². The summed E-state index contributed by atoms with van der Waals surface area (Å²) in [5.41, 5.74) is 0. The van der Waals surface area contributed by atoms with Gasteiger partial charge < -0.3 is 14.9 Å². The summed E-state index contributed by atoms with van der Waals surface area (Å²) in [7, 11) is 0. The van der Waals surface area contributed by atoms with Crippen LogP contribution in [0.2, 0.25) is 0 Å². The molecule has 0 aromatic rings. The first kappa shape index (κ1) is 12.9. The molecule has 15 heavy (non-hydrogen) atoms. The first-order chi connectivity index (χ1) is 7.19. The van der Waals surface area contributed by atoms with Crippen molar-refractivity contribution >= 4 is 0 Å². The normalized spacial score (nSPS) is 27.6. The van der Waals surface area contributed by atoms with Crippen molar-refractivity contribution in [3.05, 3.63) is 0 Å². The van der Waals surface area contributed by atoms with Gasteiger partial charge in [0.25, 0.3) is 0 Å². The molecule has 1 fully saturated rings. The maximum absolute atomic E-state index is 9.00. The Hall–Kier alpha value is -0.120. The molecular weight excluding hydrogens is 192 g/mol. The van der Waals surface area contributed by atoms with E-state index in [1.807, 2.05) is 0 Å². The van der Waals surface area contributed by atoms with Gasteiger partial charge in [0.1, 0.15) is 6.10 Å². The molecule has 3 heteroatoms. The number of rotatable bonds is 5. The Morgan fingerprint density at radius 2 is 1.73 bits per heavy atom. The molecule has 0 aliphatic heterocycles. The van der Waals surface area contributed by atoms with Crippen molar-refractivity contribution in [2.75, 3.05) is 13.2 Å². The monoisotopic (exact) mass is 216 g/mol. The van der Waals surface area contributed by atoms with E-state index in [4.69, 9.17) is 14.9 Å². The van der Waals surface area contributed by atoms with Crippen LogP contribution in [0.1, 0.15) is 39.5 Å². The topological polar surface area (TPSA) is 49.7 Å². The van der Waals surface area contributed by atoms with Gasteiger partial charge in [-0.3, -0.25) is 0 Å². The van der Waals surface area contributed by atoms with E-state index in [-0.39, 0.29) is 19.3 Å². The molecule has 2 N–H and O–H groups in total. The molecule has 0 spiro atoms. The van der Waals surface area contributed by atoms with Gasteiger partial charge in [0.15, 0.2) is 0 Å². The van der Waals surface area contributed by atoms with Crippen molar-refractivity contribution in [3.8, 4) is 0 Å². The molecule has 2 atom stereocenters. The highest BCUT2D eigenvalue weighted by Crippen LogP contribution is 2.32. The van der Waals surface area contributed by atoms with Gasteiger partial charge in [0.05, 0.1) is 19.3 Å². The van der Waals surface area contributed by atoms with Gasteiger partial charge in [-0.1, -0.05) is 26.7 Å². The molecule has 0 bridgehead atoms. The second-order valence-corrected chi connectivity index (χ2v) is 4.85. The molecule has 1 aliphatic carbocycles. The van der Waals surface area contributed by atoms with Gasteiger partial charge in [0, 0.05) is 0 Å². The number of hydrogen-bond acceptors (Lipinski definition) is 3. The average Bonchev–Trinajstić information content (AvgIpc) is 2.26. The van der Waals surface area contributed by atoms with E-state index < -0.39 is 6.10 Å². The van der Waals surface area contributed by atoms with Gasteiger partial charge in [0.2, 0.25) is 0 Å². The minimum absolute atomic E-state index is 0.0855. The van der Waals surface area contributed by atoms with Crippen LogP contribution in [0.5, 0.6) is 0 Å². The molecule has 2 unspecified atom stereocenters. The van der Waals surface area contributed by atoms with Gasteiger partial charge in [-0.05, 0) is 24.7 Å². The fourth-order valence-electron chi connectivity index (χ4n) is 2.45. The second-order valence-electron chi connectivity index (χ2n) is 4.85. The van der Waals surface area contributed by atoms with Crippen molar-refractivity contribution in [1.29, 1.82) is 0 Å². The van der Waals surface area contributed by atoms with Crippen molar-refractivity contribution in [1.82, 2.24) is 0 Å². The van der Waals surface area contributed by atoms with Crippen LogP contribution in [0.25, 0.3) is 0 Å². The molecule has 90 valence electrons. The van der Waals surface area contributed by atoms with Crippen molar-refractivity contribution < 1.29 is 14.9 Å². The van der Waals surface area contributed by atoms with E-state index in [0.717, 1.165) is 6.42 Å². The van der Waals surface area contributed by atoms with Crippen LogP contribution in [0.4, 0.5) is 0 Å². The van der Waals surface area contributed by atoms with Crippen LogP contribution < -0.4 is 0 Å². The summed E-state index contributed by atoms with van der Waals surface area (Å²) in [4.78, 5) is 0. The zero-order chi connectivity index (χ0) is 11.3. The minimum Gasteiger partial charge on any atom is -0.394 e. The van der Waals surface area contributed by atoms with Gasteiger partial charge >= 0.3 is 0 Å². The highest BCUT2D eigenvalue weighted by Gasteiger charge is 2.29. The molecule has 1 aliphatic rings. The molecular formula is C12H24O3. The van der Waals surface area contributed by atoms with E-state index in [2.05, 4.69) is 13.8 Å². The smallest absolute Gasteiger partial charge is 0.104 e. The first-order valence-electron chi connectivity index (χ1n) is 6.06. The van der Waals surface area contributed by atoms with Crippen LogP contribution in [0.3, 0.4) is 0 Å². The summed E-state index contributed by atoms with van der Waals surface area (Å²) in [6, 6.07) is 0. The minimum atomic E-state index is -0.394. The van der Waals surface area contributed by atoms with Crippen LogP contribution in [-0.4, -0.2) is 35.6 Å². The second kappa shape index (κ2) is 6.46. The maximum Gasteiger partial charge on any atom is 0.104 e. The number of hydrogen-bond donors (Lipinski definition) is 2. The van der Waals surface area contributed by atoms with Crippen molar-refractivity contribution in [2.45, 2.75) is 51.7 Å². The number of ether oxygens (including phenoxy) is 1. The molecule has 0 aromatic heterocycles. The average molecular weight is 216 g/mol. The fourth-order valence-corrected chi connectivity index (χ4v) is 2.45. The first-order valence-corrected chi connectivity index (χ1v) is 6.06. The lowest BCUT2D eigenvalue weighted by Crippen LogP contribution is -2.37. The lowest BCUT2D eigenvalue weighted by atomic mass is 9.79. The molecule has 0 radical (unpaired) electrons. The summed E-state index contributed by atoms with van der Waals surface area (Å²) in [6.07, 6.45) is 4.60. The Morgan fingerprint density at radius 3 is 2.27 bits per heavy atom. The van der Waals surface area contributed by atoms with Gasteiger partial charge in [-0.25, -0.2) is 0 Å². The largest absolute Gasteiger partial charge is 0.394 e. The Bertz CT molecular complexity index is 166. The third-order valence-electron chi connectivity index (χ3n) is 3.38. The van der Waals surface area contributed by atoms with E-state index in [1.54, 1.807) is 0 Å². The van der Waals surface area contributed by atoms with Crippen LogP contribution >= 0.6 is 0 Å². The number of aliphatic hydroxyl groups excluding tert-OH is 2. The van der Waals surface area contributed by atoms with Gasteiger partial charge in [-0.15, -0.1) is 0 Å². The molecule has 0 heterocycles. The summed E-state index contributed by atoms with van der Waals surface area (Å²) in [5, 5.41) is 18.0. The van der Waals surface area contributed by atoms with Crippen molar-refractivity contribution in [2.24, 2.45) is 11.8 Å². The maximum atomic E-state index is 9.00. The van der Waals surface area contributed by atoms with E-state index in [9.17, 15) is 0 Å². The predicted octanol–water partition coefficient (Wildman–Crippen LogP) is 1.57. The molecule has 0 saturated heterocycles. The zero-order valence-electron chi connectivity index (χ0n) is 9.85. The summed E-state index contributed by atoms with van der Waals surface area (Å²) in [6.45, 7) is 4.27. The summed E-state index contributed by atoms with van der Waals surface area (Å²) in [5.74, 6) is 1.20. The highest BCUT2D eigenvalue weighted by atomic mass is 16.5. The Kier molecular flexibility index (Phi) is 5.58. The highest BCUT2D eigenvalue weighted by molar-refractivity contribution is 4.79. The van der Waals surface area contributed by atoms with Crippen LogP contribution in [-0.2, 0) is 4.74 Å². The fraction of sp³-hybridized carbons (Fsp3) is 1.00. The third kappa shape index (κ3) is 3.74. The molecule has 0 aromatic carbocycles. The Labute approximate surface area is 92.4 Å². The zero-order valence-corrected chi connectivity index (χ0v) is 9.85. The molecule has 1 rings (SSSR count). The lowest BCUT2D eigenvalue weighted by Gasteiger charge is -2.36. The van der Waals surface area contributed by atoms with Gasteiger partial charge in [-0.2, -0.15) is 0 Å².